The van der Waals surface area contributed by atoms with E-state index < -0.39 is 11.9 Å². The zero-order valence-corrected chi connectivity index (χ0v) is 12.7. The fraction of sp³-hybridized carbons (Fsp3) is 0.133. The van der Waals surface area contributed by atoms with Gasteiger partial charge in [0.05, 0.1) is 7.11 Å². The van der Waals surface area contributed by atoms with Gasteiger partial charge in [-0.2, -0.15) is 18.4 Å². The Kier molecular flexibility index (Phi) is 4.06. The number of nitrogens with zero attached hydrogens (tertiary/aromatic N) is 5. The van der Waals surface area contributed by atoms with Crippen LogP contribution in [0.2, 0.25) is 0 Å². The lowest BCUT2D eigenvalue weighted by atomic mass is 10.1. The average Bonchev–Trinajstić information content (AvgIpc) is 3.09. The van der Waals surface area contributed by atoms with Crippen LogP contribution in [0.15, 0.2) is 30.5 Å². The third kappa shape index (κ3) is 3.25. The number of halogens is 3. The molecule has 0 fully saturated rings. The van der Waals surface area contributed by atoms with E-state index in [4.69, 9.17) is 10.00 Å². The van der Waals surface area contributed by atoms with Crippen LogP contribution >= 0.6 is 0 Å². The highest BCUT2D eigenvalue weighted by Gasteiger charge is 2.32. The number of aromatic amines is 1. The standard InChI is InChI=1S/C15H9F3N6O/c1-25-10-5-8(13-11(7-19)22-24-23-13)4-9(6-10)14-20-3-2-12(21-14)15(16,17)18/h2-6H,1H3,(H,22,23,24). The van der Waals surface area contributed by atoms with Gasteiger partial charge in [-0.3, -0.25) is 0 Å². The molecule has 0 aliphatic heterocycles. The predicted molar refractivity (Wildman–Crippen MR) is 79.1 cm³/mol. The summed E-state index contributed by atoms with van der Waals surface area (Å²) in [7, 11) is 1.41. The van der Waals surface area contributed by atoms with E-state index in [9.17, 15) is 13.2 Å². The molecule has 0 saturated carbocycles. The van der Waals surface area contributed by atoms with E-state index in [0.29, 0.717) is 11.3 Å². The number of hydrogen-bond donors (Lipinski definition) is 1. The monoisotopic (exact) mass is 346 g/mol. The summed E-state index contributed by atoms with van der Waals surface area (Å²) in [6.45, 7) is 0. The minimum atomic E-state index is -4.58. The minimum absolute atomic E-state index is 0.115. The molecule has 2 aromatic heterocycles. The lowest BCUT2D eigenvalue weighted by Crippen LogP contribution is -2.09. The Morgan fingerprint density at radius 2 is 1.96 bits per heavy atom. The molecule has 10 heteroatoms. The summed E-state index contributed by atoms with van der Waals surface area (Å²) in [6.07, 6.45) is -3.55. The van der Waals surface area contributed by atoms with Crippen LogP contribution in [-0.2, 0) is 6.18 Å². The van der Waals surface area contributed by atoms with Crippen LogP contribution in [0, 0.1) is 11.3 Å². The number of nitriles is 1. The van der Waals surface area contributed by atoms with Crippen LogP contribution in [0.25, 0.3) is 22.6 Å². The highest BCUT2D eigenvalue weighted by molar-refractivity contribution is 5.72. The normalized spacial score (nSPS) is 11.2. The van der Waals surface area contributed by atoms with Gasteiger partial charge in [0.1, 0.15) is 23.2 Å². The topological polar surface area (TPSA) is 100 Å². The van der Waals surface area contributed by atoms with Gasteiger partial charge in [0.25, 0.3) is 0 Å². The quantitative estimate of drug-likeness (QED) is 0.783. The lowest BCUT2D eigenvalue weighted by Gasteiger charge is -2.09. The number of alkyl halides is 3. The first kappa shape index (κ1) is 16.4. The number of rotatable bonds is 3. The SMILES string of the molecule is COc1cc(-c2nccc(C(F)(F)F)n2)cc(-c2nn[nH]c2C#N)c1. The maximum absolute atomic E-state index is 12.9. The number of ether oxygens (including phenoxy) is 1. The average molecular weight is 346 g/mol. The van der Waals surface area contributed by atoms with E-state index in [1.165, 1.54) is 19.2 Å². The molecule has 2 heterocycles. The van der Waals surface area contributed by atoms with Crippen molar-refractivity contribution >= 4 is 0 Å². The molecule has 3 aromatic rings. The van der Waals surface area contributed by atoms with Crippen LogP contribution in [0.1, 0.15) is 11.4 Å². The predicted octanol–water partition coefficient (Wildman–Crippen LogP) is 2.83. The summed E-state index contributed by atoms with van der Waals surface area (Å²) < 4.78 is 43.7. The molecule has 0 saturated heterocycles. The number of H-pyrrole nitrogens is 1. The van der Waals surface area contributed by atoms with Crippen molar-refractivity contribution in [2.75, 3.05) is 7.11 Å². The molecule has 1 aromatic carbocycles. The molecule has 0 unspecified atom stereocenters. The minimum Gasteiger partial charge on any atom is -0.497 e. The molecule has 0 atom stereocenters. The van der Waals surface area contributed by atoms with E-state index in [1.807, 2.05) is 6.07 Å². The molecule has 25 heavy (non-hydrogen) atoms. The van der Waals surface area contributed by atoms with Gasteiger partial charge in [0.15, 0.2) is 11.5 Å². The number of benzene rings is 1. The van der Waals surface area contributed by atoms with E-state index >= 15 is 0 Å². The number of methoxy groups -OCH3 is 1. The van der Waals surface area contributed by atoms with Crippen molar-refractivity contribution < 1.29 is 17.9 Å². The van der Waals surface area contributed by atoms with Crippen molar-refractivity contribution in [2.45, 2.75) is 6.18 Å². The maximum atomic E-state index is 12.9. The molecular formula is C15H9F3N6O. The van der Waals surface area contributed by atoms with Gasteiger partial charge in [-0.15, -0.1) is 5.10 Å². The van der Waals surface area contributed by atoms with Crippen molar-refractivity contribution in [1.29, 1.82) is 5.26 Å². The molecule has 3 rings (SSSR count). The summed E-state index contributed by atoms with van der Waals surface area (Å²) in [6, 6.07) is 7.27. The van der Waals surface area contributed by atoms with Crippen molar-refractivity contribution in [3.63, 3.8) is 0 Å². The zero-order chi connectivity index (χ0) is 18.0. The fourth-order valence-corrected chi connectivity index (χ4v) is 2.15. The summed E-state index contributed by atoms with van der Waals surface area (Å²) in [5.74, 6) is 0.220. The molecular weight excluding hydrogens is 337 g/mol. The maximum Gasteiger partial charge on any atom is 0.433 e. The van der Waals surface area contributed by atoms with Crippen LogP contribution in [0.4, 0.5) is 13.2 Å². The fourth-order valence-electron chi connectivity index (χ4n) is 2.15. The summed E-state index contributed by atoms with van der Waals surface area (Å²) in [5.41, 5.74) is 0.0211. The third-order valence-electron chi connectivity index (χ3n) is 3.28. The Bertz CT molecular complexity index is 960. The molecule has 0 spiro atoms. The molecule has 7 nitrogen and oxygen atoms in total. The summed E-state index contributed by atoms with van der Waals surface area (Å²) in [4.78, 5) is 7.44. The molecule has 0 radical (unpaired) electrons. The van der Waals surface area contributed by atoms with Gasteiger partial charge in [-0.05, 0) is 24.3 Å². The van der Waals surface area contributed by atoms with Crippen molar-refractivity contribution in [3.05, 3.63) is 41.9 Å². The highest BCUT2D eigenvalue weighted by atomic mass is 19.4. The van der Waals surface area contributed by atoms with Gasteiger partial charge in [0.2, 0.25) is 0 Å². The zero-order valence-electron chi connectivity index (χ0n) is 12.7. The first-order chi connectivity index (χ1) is 11.9. The number of aromatic nitrogens is 5. The van der Waals surface area contributed by atoms with Crippen LogP contribution in [-0.4, -0.2) is 32.5 Å². The van der Waals surface area contributed by atoms with Gasteiger partial charge >= 0.3 is 6.18 Å². The molecule has 0 amide bonds. The van der Waals surface area contributed by atoms with Crippen molar-refractivity contribution in [3.8, 4) is 34.5 Å². The van der Waals surface area contributed by atoms with Crippen molar-refractivity contribution in [2.24, 2.45) is 0 Å². The highest BCUT2D eigenvalue weighted by Crippen LogP contribution is 2.32. The molecule has 126 valence electrons. The largest absolute Gasteiger partial charge is 0.497 e. The van der Waals surface area contributed by atoms with Gasteiger partial charge in [0, 0.05) is 17.3 Å². The van der Waals surface area contributed by atoms with Crippen LogP contribution in [0.3, 0.4) is 0 Å². The summed E-state index contributed by atoms with van der Waals surface area (Å²) >= 11 is 0. The summed E-state index contributed by atoms with van der Waals surface area (Å²) in [5, 5.41) is 18.9. The number of hydrogen-bond acceptors (Lipinski definition) is 6. The van der Waals surface area contributed by atoms with Gasteiger partial charge < -0.3 is 4.74 Å². The molecule has 1 N–H and O–H groups in total. The third-order valence-corrected chi connectivity index (χ3v) is 3.28. The first-order valence-corrected chi connectivity index (χ1v) is 6.83. The molecule has 0 aliphatic rings. The second-order valence-corrected chi connectivity index (χ2v) is 4.86. The molecule has 0 bridgehead atoms. The van der Waals surface area contributed by atoms with E-state index in [-0.39, 0.29) is 22.8 Å². The molecule has 0 aliphatic carbocycles. The van der Waals surface area contributed by atoms with Crippen LogP contribution in [0.5, 0.6) is 5.75 Å². The Hall–Kier alpha value is -3.48. The van der Waals surface area contributed by atoms with Gasteiger partial charge in [-0.25, -0.2) is 15.1 Å². The second kappa shape index (κ2) is 6.20. The van der Waals surface area contributed by atoms with E-state index in [0.717, 1.165) is 12.3 Å². The Labute approximate surface area is 139 Å². The van der Waals surface area contributed by atoms with Gasteiger partial charge in [-0.1, -0.05) is 5.21 Å². The van der Waals surface area contributed by atoms with E-state index in [2.05, 4.69) is 25.4 Å². The Morgan fingerprint density at radius 1 is 1.20 bits per heavy atom. The Balaban J connectivity index is 2.15. The second-order valence-electron chi connectivity index (χ2n) is 4.86. The Morgan fingerprint density at radius 3 is 2.64 bits per heavy atom. The smallest absolute Gasteiger partial charge is 0.433 e. The first-order valence-electron chi connectivity index (χ1n) is 6.83. The number of nitrogens with one attached hydrogen (secondary N) is 1. The van der Waals surface area contributed by atoms with Crippen molar-refractivity contribution in [1.82, 2.24) is 25.4 Å². The lowest BCUT2D eigenvalue weighted by molar-refractivity contribution is -0.141. The van der Waals surface area contributed by atoms with Crippen LogP contribution < -0.4 is 4.74 Å². The van der Waals surface area contributed by atoms with E-state index in [1.54, 1.807) is 6.07 Å².